The fourth-order valence-electron chi connectivity index (χ4n) is 3.42. The Balaban J connectivity index is 2.36. The minimum atomic E-state index is -0.535. The molecule has 1 aromatic rings. The van der Waals surface area contributed by atoms with Gasteiger partial charge in [0.2, 0.25) is 0 Å². The second-order valence-corrected chi connectivity index (χ2v) is 8.11. The van der Waals surface area contributed by atoms with Crippen molar-refractivity contribution < 1.29 is 19.1 Å². The van der Waals surface area contributed by atoms with E-state index < -0.39 is 6.10 Å². The van der Waals surface area contributed by atoms with Crippen molar-refractivity contribution in [3.05, 3.63) is 35.9 Å². The van der Waals surface area contributed by atoms with Crippen molar-refractivity contribution in [2.24, 2.45) is 0 Å². The number of esters is 2. The van der Waals surface area contributed by atoms with Crippen LogP contribution < -0.4 is 0 Å². The fraction of sp³-hybridized carbons (Fsp3) is 0.692. The summed E-state index contributed by atoms with van der Waals surface area (Å²) >= 11 is 0. The number of carbonyl (C=O) groups excluding carboxylic acids is 2. The number of ether oxygens (including phenoxy) is 2. The molecule has 4 heteroatoms. The Kier molecular flexibility index (Phi) is 15.7. The van der Waals surface area contributed by atoms with Gasteiger partial charge in [-0.2, -0.15) is 0 Å². The summed E-state index contributed by atoms with van der Waals surface area (Å²) < 4.78 is 11.1. The van der Waals surface area contributed by atoms with Crippen LogP contribution in [0, 0.1) is 0 Å². The van der Waals surface area contributed by atoms with Gasteiger partial charge in [-0.25, -0.2) is 0 Å². The van der Waals surface area contributed by atoms with Crippen LogP contribution in [0.4, 0.5) is 0 Å². The van der Waals surface area contributed by atoms with Gasteiger partial charge in [-0.3, -0.25) is 9.59 Å². The van der Waals surface area contributed by atoms with Crippen LogP contribution in [-0.4, -0.2) is 18.5 Å². The molecule has 1 atom stereocenters. The molecule has 0 fully saturated rings. The third-order valence-corrected chi connectivity index (χ3v) is 5.31. The molecule has 0 radical (unpaired) electrons. The van der Waals surface area contributed by atoms with E-state index >= 15 is 0 Å². The van der Waals surface area contributed by atoms with Crippen molar-refractivity contribution >= 4 is 11.9 Å². The molecule has 0 saturated heterocycles. The topological polar surface area (TPSA) is 52.6 Å². The highest BCUT2D eigenvalue weighted by Gasteiger charge is 2.19. The predicted octanol–water partition coefficient (Wildman–Crippen LogP) is 7.32. The molecule has 0 N–H and O–H groups in total. The average molecular weight is 419 g/mol. The molecule has 0 bridgehead atoms. The van der Waals surface area contributed by atoms with Gasteiger partial charge >= 0.3 is 11.9 Å². The second kappa shape index (κ2) is 18.0. The summed E-state index contributed by atoms with van der Waals surface area (Å²) in [6.45, 7) is 4.48. The minimum Gasteiger partial charge on any atom is -0.461 e. The van der Waals surface area contributed by atoms with Gasteiger partial charge in [0.15, 0.2) is 6.10 Å². The summed E-state index contributed by atoms with van der Waals surface area (Å²) in [5.41, 5.74) is 0.862. The molecule has 1 rings (SSSR count). The first-order chi connectivity index (χ1) is 14.7. The van der Waals surface area contributed by atoms with Crippen molar-refractivity contribution in [2.45, 2.75) is 110 Å². The maximum Gasteiger partial charge on any atom is 0.306 e. The zero-order valence-corrected chi connectivity index (χ0v) is 19.2. The molecule has 0 spiro atoms. The monoisotopic (exact) mass is 418 g/mol. The number of carbonyl (C=O) groups is 2. The number of hydrogen-bond donors (Lipinski definition) is 0. The number of rotatable bonds is 18. The third-order valence-electron chi connectivity index (χ3n) is 5.31. The molecule has 0 aromatic heterocycles. The van der Waals surface area contributed by atoms with E-state index in [1.54, 1.807) is 0 Å². The highest BCUT2D eigenvalue weighted by atomic mass is 16.6. The van der Waals surface area contributed by atoms with E-state index in [1.165, 1.54) is 51.4 Å². The van der Waals surface area contributed by atoms with Crippen molar-refractivity contribution in [3.8, 4) is 0 Å². The molecule has 0 aliphatic heterocycles. The lowest BCUT2D eigenvalue weighted by atomic mass is 10.1. The van der Waals surface area contributed by atoms with Crippen molar-refractivity contribution in [3.63, 3.8) is 0 Å². The van der Waals surface area contributed by atoms with Crippen molar-refractivity contribution in [2.75, 3.05) is 6.61 Å². The summed E-state index contributed by atoms with van der Waals surface area (Å²) in [7, 11) is 0. The van der Waals surface area contributed by atoms with Gasteiger partial charge in [0.1, 0.15) is 6.61 Å². The van der Waals surface area contributed by atoms with E-state index in [1.807, 2.05) is 30.3 Å². The lowest BCUT2D eigenvalue weighted by molar-refractivity contribution is -0.159. The standard InChI is InChI=1S/C26H42O4/c1-3-5-7-9-11-16-20-25(27)29-22-24(23-18-14-13-15-19-23)30-26(28)21-17-12-10-8-6-4-2/h13-15,18-19,24H,3-12,16-17,20-22H2,1-2H3. The van der Waals surface area contributed by atoms with Crippen LogP contribution in [0.5, 0.6) is 0 Å². The van der Waals surface area contributed by atoms with E-state index in [0.717, 1.165) is 31.2 Å². The first-order valence-corrected chi connectivity index (χ1v) is 12.1. The largest absolute Gasteiger partial charge is 0.461 e. The Bertz CT molecular complexity index is 555. The van der Waals surface area contributed by atoms with Gasteiger partial charge in [-0.05, 0) is 18.4 Å². The normalized spacial score (nSPS) is 11.8. The molecule has 170 valence electrons. The molecule has 0 amide bonds. The summed E-state index contributed by atoms with van der Waals surface area (Å²) in [5.74, 6) is -0.426. The third kappa shape index (κ3) is 13.4. The molecule has 0 aliphatic carbocycles. The molecule has 0 aliphatic rings. The van der Waals surface area contributed by atoms with Gasteiger partial charge in [-0.15, -0.1) is 0 Å². The van der Waals surface area contributed by atoms with Gasteiger partial charge in [0.05, 0.1) is 0 Å². The van der Waals surface area contributed by atoms with Crippen LogP contribution in [0.3, 0.4) is 0 Å². The summed E-state index contributed by atoms with van der Waals surface area (Å²) in [6, 6.07) is 9.54. The summed E-state index contributed by atoms with van der Waals surface area (Å²) in [4.78, 5) is 24.4. The van der Waals surface area contributed by atoms with Crippen LogP contribution >= 0.6 is 0 Å². The number of unbranched alkanes of at least 4 members (excludes halogenated alkanes) is 10. The SMILES string of the molecule is CCCCCCCCC(=O)OCC(OC(=O)CCCCCCCC)c1ccccc1. The van der Waals surface area contributed by atoms with Crippen molar-refractivity contribution in [1.82, 2.24) is 0 Å². The van der Waals surface area contributed by atoms with E-state index in [-0.39, 0.29) is 18.5 Å². The maximum atomic E-state index is 12.3. The highest BCUT2D eigenvalue weighted by molar-refractivity contribution is 5.70. The zero-order chi connectivity index (χ0) is 21.9. The molecule has 4 nitrogen and oxygen atoms in total. The molecular formula is C26H42O4. The average Bonchev–Trinajstić information content (AvgIpc) is 2.76. The van der Waals surface area contributed by atoms with E-state index in [4.69, 9.17) is 9.47 Å². The minimum absolute atomic E-state index is 0.0842. The van der Waals surface area contributed by atoms with Crippen LogP contribution in [0.25, 0.3) is 0 Å². The molecule has 30 heavy (non-hydrogen) atoms. The Morgan fingerprint density at radius 2 is 1.20 bits per heavy atom. The van der Waals surface area contributed by atoms with Crippen LogP contribution in [0.2, 0.25) is 0 Å². The van der Waals surface area contributed by atoms with Gasteiger partial charge in [0.25, 0.3) is 0 Å². The Morgan fingerprint density at radius 3 is 1.77 bits per heavy atom. The second-order valence-electron chi connectivity index (χ2n) is 8.11. The summed E-state index contributed by atoms with van der Waals surface area (Å²) in [6.07, 6.45) is 13.9. The Hall–Kier alpha value is -1.84. The van der Waals surface area contributed by atoms with Gasteiger partial charge in [-0.1, -0.05) is 108 Å². The Morgan fingerprint density at radius 1 is 0.700 bits per heavy atom. The Labute approximate surface area is 183 Å². The van der Waals surface area contributed by atoms with E-state index in [9.17, 15) is 9.59 Å². The maximum absolute atomic E-state index is 12.3. The van der Waals surface area contributed by atoms with E-state index in [0.29, 0.717) is 12.8 Å². The number of hydrogen-bond acceptors (Lipinski definition) is 4. The smallest absolute Gasteiger partial charge is 0.306 e. The lowest BCUT2D eigenvalue weighted by Crippen LogP contribution is -2.19. The molecule has 0 heterocycles. The fourth-order valence-corrected chi connectivity index (χ4v) is 3.42. The molecular weight excluding hydrogens is 376 g/mol. The summed E-state index contributed by atoms with van der Waals surface area (Å²) in [5, 5.41) is 0. The van der Waals surface area contributed by atoms with E-state index in [2.05, 4.69) is 13.8 Å². The lowest BCUT2D eigenvalue weighted by Gasteiger charge is -2.18. The van der Waals surface area contributed by atoms with Crippen LogP contribution in [0.1, 0.15) is 115 Å². The highest BCUT2D eigenvalue weighted by Crippen LogP contribution is 2.20. The molecule has 0 saturated carbocycles. The first kappa shape index (κ1) is 26.2. The quantitative estimate of drug-likeness (QED) is 0.185. The number of benzene rings is 1. The predicted molar refractivity (Wildman–Crippen MR) is 122 cm³/mol. The molecule has 1 aromatic carbocycles. The molecule has 1 unspecified atom stereocenters. The van der Waals surface area contributed by atoms with Gasteiger partial charge in [0, 0.05) is 12.8 Å². The van der Waals surface area contributed by atoms with Crippen molar-refractivity contribution in [1.29, 1.82) is 0 Å². The first-order valence-electron chi connectivity index (χ1n) is 12.1. The van der Waals surface area contributed by atoms with Crippen LogP contribution in [-0.2, 0) is 19.1 Å². The van der Waals surface area contributed by atoms with Crippen LogP contribution in [0.15, 0.2) is 30.3 Å². The zero-order valence-electron chi connectivity index (χ0n) is 19.2. The van der Waals surface area contributed by atoms with Gasteiger partial charge < -0.3 is 9.47 Å².